The van der Waals surface area contributed by atoms with Crippen molar-refractivity contribution >= 4 is 27.6 Å². The summed E-state index contributed by atoms with van der Waals surface area (Å²) in [6, 6.07) is 8.80. The minimum atomic E-state index is -4.66. The predicted molar refractivity (Wildman–Crippen MR) is 119 cm³/mol. The number of hydrogen-bond donors (Lipinski definition) is 0. The summed E-state index contributed by atoms with van der Waals surface area (Å²) < 4.78 is 71.8. The number of benzene rings is 2. The van der Waals surface area contributed by atoms with Gasteiger partial charge in [-0.1, -0.05) is 18.2 Å². The van der Waals surface area contributed by atoms with Gasteiger partial charge in [-0.3, -0.25) is 9.10 Å². The number of carbonyl (C=O) groups is 2. The number of alkyl halides is 3. The van der Waals surface area contributed by atoms with Crippen LogP contribution in [-0.2, 0) is 25.7 Å². The van der Waals surface area contributed by atoms with E-state index in [1.807, 2.05) is 0 Å². The highest BCUT2D eigenvalue weighted by Gasteiger charge is 2.32. The first-order valence-corrected chi connectivity index (χ1v) is 11.8. The SMILES string of the molecule is C=CCN(c1cccc(C(F)(F)F)c1)S(=O)(=O)c1cccc(C(=O)OCC(=O)N2CCCC2)c1. The van der Waals surface area contributed by atoms with Gasteiger partial charge in [0, 0.05) is 13.1 Å². The number of nitrogens with zero attached hydrogens (tertiary/aromatic N) is 2. The van der Waals surface area contributed by atoms with Crippen molar-refractivity contribution in [3.63, 3.8) is 0 Å². The molecule has 1 fully saturated rings. The van der Waals surface area contributed by atoms with Crippen LogP contribution in [-0.4, -0.2) is 51.4 Å². The van der Waals surface area contributed by atoms with Gasteiger partial charge >= 0.3 is 12.1 Å². The Morgan fingerprint density at radius 3 is 2.41 bits per heavy atom. The third-order valence-corrected chi connectivity index (χ3v) is 6.99. The van der Waals surface area contributed by atoms with E-state index in [1.54, 1.807) is 4.90 Å². The van der Waals surface area contributed by atoms with Gasteiger partial charge in [0.25, 0.3) is 15.9 Å². The van der Waals surface area contributed by atoms with E-state index in [0.29, 0.717) is 13.1 Å². The Morgan fingerprint density at radius 1 is 1.09 bits per heavy atom. The summed E-state index contributed by atoms with van der Waals surface area (Å²) in [6.07, 6.45) is -1.66. The van der Waals surface area contributed by atoms with E-state index in [0.717, 1.165) is 41.4 Å². The maximum atomic E-state index is 13.3. The van der Waals surface area contributed by atoms with Crippen LogP contribution < -0.4 is 4.31 Å². The summed E-state index contributed by atoms with van der Waals surface area (Å²) in [7, 11) is -4.37. The number of sulfonamides is 1. The Bertz CT molecular complexity index is 1180. The van der Waals surface area contributed by atoms with Gasteiger partial charge < -0.3 is 9.64 Å². The Labute approximate surface area is 195 Å². The monoisotopic (exact) mass is 496 g/mol. The zero-order valence-electron chi connectivity index (χ0n) is 18.1. The van der Waals surface area contributed by atoms with Crippen LogP contribution in [0.2, 0.25) is 0 Å². The molecule has 0 bridgehead atoms. The van der Waals surface area contributed by atoms with Crippen LogP contribution in [0, 0.1) is 0 Å². The maximum absolute atomic E-state index is 13.3. The number of ether oxygens (including phenoxy) is 1. The molecule has 0 aliphatic carbocycles. The number of hydrogen-bond acceptors (Lipinski definition) is 5. The molecule has 7 nitrogen and oxygen atoms in total. The predicted octanol–water partition coefficient (Wildman–Crippen LogP) is 3.87. The molecule has 1 aliphatic rings. The summed E-state index contributed by atoms with van der Waals surface area (Å²) in [6.45, 7) is 3.90. The summed E-state index contributed by atoms with van der Waals surface area (Å²) >= 11 is 0. The summed E-state index contributed by atoms with van der Waals surface area (Å²) in [5.41, 5.74) is -1.33. The first kappa shape index (κ1) is 25.3. The molecule has 0 radical (unpaired) electrons. The molecular weight excluding hydrogens is 473 g/mol. The lowest BCUT2D eigenvalue weighted by molar-refractivity contribution is -0.137. The van der Waals surface area contributed by atoms with Gasteiger partial charge in [-0.05, 0) is 49.2 Å². The number of likely N-dealkylation sites (tertiary alicyclic amines) is 1. The minimum absolute atomic E-state index is 0.113. The van der Waals surface area contributed by atoms with Crippen molar-refractivity contribution in [2.24, 2.45) is 0 Å². The second kappa shape index (κ2) is 10.3. The normalized spacial score (nSPS) is 14.0. The molecule has 0 aromatic heterocycles. The molecule has 0 spiro atoms. The average Bonchev–Trinajstić information content (AvgIpc) is 3.35. The van der Waals surface area contributed by atoms with Crippen molar-refractivity contribution in [3.8, 4) is 0 Å². The molecule has 2 aromatic rings. The smallest absolute Gasteiger partial charge is 0.416 e. The van der Waals surface area contributed by atoms with Crippen molar-refractivity contribution in [2.75, 3.05) is 30.5 Å². The third kappa shape index (κ3) is 5.77. The number of esters is 1. The van der Waals surface area contributed by atoms with Gasteiger partial charge in [0.15, 0.2) is 6.61 Å². The van der Waals surface area contributed by atoms with E-state index in [9.17, 15) is 31.2 Å². The lowest BCUT2D eigenvalue weighted by Gasteiger charge is -2.24. The number of carbonyl (C=O) groups excluding carboxylic acids is 2. The molecule has 0 N–H and O–H groups in total. The highest BCUT2D eigenvalue weighted by Crippen LogP contribution is 2.33. The molecule has 0 saturated carbocycles. The molecule has 0 atom stereocenters. The molecular formula is C23H23F3N2O5S. The lowest BCUT2D eigenvalue weighted by atomic mass is 10.2. The third-order valence-electron chi connectivity index (χ3n) is 5.20. The largest absolute Gasteiger partial charge is 0.452 e. The molecule has 1 amide bonds. The number of halogens is 3. The fourth-order valence-corrected chi connectivity index (χ4v) is 4.95. The van der Waals surface area contributed by atoms with Crippen molar-refractivity contribution in [2.45, 2.75) is 23.9 Å². The molecule has 1 saturated heterocycles. The Balaban J connectivity index is 1.84. The zero-order chi connectivity index (χ0) is 24.9. The minimum Gasteiger partial charge on any atom is -0.452 e. The summed E-state index contributed by atoms with van der Waals surface area (Å²) in [5, 5.41) is 0. The second-order valence-corrected chi connectivity index (χ2v) is 9.43. The fraction of sp³-hybridized carbons (Fsp3) is 0.304. The first-order chi connectivity index (χ1) is 16.0. The van der Waals surface area contributed by atoms with Crippen LogP contribution >= 0.6 is 0 Å². The van der Waals surface area contributed by atoms with Gasteiger partial charge in [-0.15, -0.1) is 6.58 Å². The lowest BCUT2D eigenvalue weighted by Crippen LogP contribution is -2.32. The van der Waals surface area contributed by atoms with Gasteiger partial charge in [0.1, 0.15) is 0 Å². The standard InChI is InChI=1S/C23H23F3N2O5S/c1-2-11-28(19-9-6-8-18(15-19)23(24,25)26)34(31,32)20-10-5-7-17(14-20)22(30)33-16-21(29)27-12-3-4-13-27/h2,5-10,14-15H,1,3-4,11-13,16H2. The zero-order valence-corrected chi connectivity index (χ0v) is 18.9. The van der Waals surface area contributed by atoms with Crippen LogP contribution in [0.15, 0.2) is 66.1 Å². The maximum Gasteiger partial charge on any atom is 0.416 e. The average molecular weight is 497 g/mol. The van der Waals surface area contributed by atoms with Gasteiger partial charge in [0.2, 0.25) is 0 Å². The van der Waals surface area contributed by atoms with Crippen LogP contribution in [0.3, 0.4) is 0 Å². The summed E-state index contributed by atoms with van der Waals surface area (Å²) in [5.74, 6) is -1.23. The highest BCUT2D eigenvalue weighted by molar-refractivity contribution is 7.92. The molecule has 182 valence electrons. The van der Waals surface area contributed by atoms with Crippen LogP contribution in [0.25, 0.3) is 0 Å². The van der Waals surface area contributed by atoms with Crippen molar-refractivity contribution in [1.82, 2.24) is 4.90 Å². The van der Waals surface area contributed by atoms with Crippen LogP contribution in [0.5, 0.6) is 0 Å². The number of amides is 1. The molecule has 1 heterocycles. The molecule has 1 aliphatic heterocycles. The van der Waals surface area contributed by atoms with Crippen molar-refractivity contribution in [3.05, 3.63) is 72.3 Å². The molecule has 0 unspecified atom stereocenters. The first-order valence-electron chi connectivity index (χ1n) is 10.4. The Hall–Kier alpha value is -3.34. The van der Waals surface area contributed by atoms with E-state index in [2.05, 4.69) is 6.58 Å². The molecule has 34 heavy (non-hydrogen) atoms. The molecule has 2 aromatic carbocycles. The van der Waals surface area contributed by atoms with E-state index < -0.39 is 34.3 Å². The van der Waals surface area contributed by atoms with E-state index in [1.165, 1.54) is 30.3 Å². The van der Waals surface area contributed by atoms with Crippen LogP contribution in [0.4, 0.5) is 18.9 Å². The van der Waals surface area contributed by atoms with Gasteiger partial charge in [-0.2, -0.15) is 13.2 Å². The van der Waals surface area contributed by atoms with E-state index >= 15 is 0 Å². The second-order valence-electron chi connectivity index (χ2n) is 7.56. The van der Waals surface area contributed by atoms with Crippen molar-refractivity contribution in [1.29, 1.82) is 0 Å². The molecule has 11 heteroatoms. The highest BCUT2D eigenvalue weighted by atomic mass is 32.2. The topological polar surface area (TPSA) is 84.0 Å². The Morgan fingerprint density at radius 2 is 1.76 bits per heavy atom. The van der Waals surface area contributed by atoms with Gasteiger partial charge in [0.05, 0.1) is 28.3 Å². The number of anilines is 1. The van der Waals surface area contributed by atoms with Crippen molar-refractivity contribution < 1.29 is 35.9 Å². The van der Waals surface area contributed by atoms with Crippen LogP contribution in [0.1, 0.15) is 28.8 Å². The quantitative estimate of drug-likeness (QED) is 0.409. The summed E-state index contributed by atoms with van der Waals surface area (Å²) in [4.78, 5) is 25.8. The van der Waals surface area contributed by atoms with Gasteiger partial charge in [-0.25, -0.2) is 13.2 Å². The Kier molecular flexibility index (Phi) is 7.65. The number of rotatable bonds is 8. The fourth-order valence-electron chi connectivity index (χ4n) is 3.48. The van der Waals surface area contributed by atoms with E-state index in [4.69, 9.17) is 4.74 Å². The molecule has 3 rings (SSSR count). The van der Waals surface area contributed by atoms with E-state index in [-0.39, 0.29) is 28.6 Å².